The molecule has 1 aliphatic heterocycles. The van der Waals surface area contributed by atoms with E-state index in [2.05, 4.69) is 0 Å². The highest BCUT2D eigenvalue weighted by molar-refractivity contribution is 6.07. The van der Waals surface area contributed by atoms with Gasteiger partial charge in [-0.05, 0) is 50.2 Å². The number of aromatic hydroxyl groups is 1. The Kier molecular flexibility index (Phi) is 7.78. The van der Waals surface area contributed by atoms with Crippen molar-refractivity contribution in [2.45, 2.75) is 63.5 Å². The van der Waals surface area contributed by atoms with Gasteiger partial charge < -0.3 is 45.5 Å². The predicted molar refractivity (Wildman–Crippen MR) is 119 cm³/mol. The van der Waals surface area contributed by atoms with E-state index in [9.17, 15) is 30.3 Å². The Morgan fingerprint density at radius 2 is 1.88 bits per heavy atom. The van der Waals surface area contributed by atoms with Crippen molar-refractivity contribution in [3.8, 4) is 17.2 Å². The normalized spacial score (nSPS) is 26.2. The Balaban J connectivity index is 2.04. The lowest BCUT2D eigenvalue weighted by Crippen LogP contribution is -2.62. The molecule has 0 radical (unpaired) electrons. The van der Waals surface area contributed by atoms with Gasteiger partial charge in [0.1, 0.15) is 41.7 Å². The number of methoxy groups -OCH3 is 1. The van der Waals surface area contributed by atoms with Gasteiger partial charge in [0.15, 0.2) is 5.78 Å². The van der Waals surface area contributed by atoms with Crippen LogP contribution in [0.3, 0.4) is 0 Å². The summed E-state index contributed by atoms with van der Waals surface area (Å²) >= 11 is 0. The lowest BCUT2D eigenvalue weighted by molar-refractivity contribution is -0.288. The minimum Gasteiger partial charge on any atom is -0.506 e. The Morgan fingerprint density at radius 3 is 2.48 bits per heavy atom. The number of hydrogen-bond acceptors (Lipinski definition) is 10. The molecule has 1 heterocycles. The van der Waals surface area contributed by atoms with E-state index in [-0.39, 0.29) is 34.7 Å². The van der Waals surface area contributed by atoms with Crippen molar-refractivity contribution in [1.29, 1.82) is 0 Å². The SMILES string of the molecule is COc1cc(O[C@@H]2O[C@H]([C@H](O)CCCN)[C@@H](O)[C@H](O)[C@H]2O)c2c(O)c(C(C)=O)c(C)cc2c1. The van der Waals surface area contributed by atoms with E-state index >= 15 is 0 Å². The van der Waals surface area contributed by atoms with Crippen LogP contribution in [0.5, 0.6) is 17.2 Å². The molecule has 0 aliphatic carbocycles. The fourth-order valence-electron chi connectivity index (χ4n) is 4.16. The molecule has 0 saturated carbocycles. The number of nitrogens with two attached hydrogens (primary N) is 1. The van der Waals surface area contributed by atoms with E-state index in [0.717, 1.165) is 0 Å². The number of aliphatic hydroxyl groups is 4. The number of aryl methyl sites for hydroxylation is 1. The predicted octanol–water partition coefficient (Wildman–Crippen LogP) is 0.351. The number of carbonyl (C=O) groups excluding carboxylic acids is 1. The summed E-state index contributed by atoms with van der Waals surface area (Å²) in [6.45, 7) is 3.34. The van der Waals surface area contributed by atoms with Gasteiger partial charge in [0.2, 0.25) is 6.29 Å². The number of benzene rings is 2. The number of aliphatic hydroxyl groups excluding tert-OH is 4. The molecule has 10 nitrogen and oxygen atoms in total. The molecule has 10 heteroatoms. The van der Waals surface area contributed by atoms with Crippen molar-refractivity contribution in [2.24, 2.45) is 5.73 Å². The number of phenolic OH excluding ortho intramolecular Hbond substituents is 1. The first kappa shape index (κ1) is 25.2. The Labute approximate surface area is 191 Å². The average Bonchev–Trinajstić information content (AvgIpc) is 2.76. The molecule has 33 heavy (non-hydrogen) atoms. The zero-order chi connectivity index (χ0) is 24.4. The van der Waals surface area contributed by atoms with Crippen LogP contribution in [-0.2, 0) is 4.74 Å². The van der Waals surface area contributed by atoms with Crippen molar-refractivity contribution in [2.75, 3.05) is 13.7 Å². The average molecular weight is 465 g/mol. The van der Waals surface area contributed by atoms with Crippen molar-refractivity contribution in [1.82, 2.24) is 0 Å². The lowest BCUT2D eigenvalue weighted by Gasteiger charge is -2.42. The number of ketones is 1. The Morgan fingerprint density at radius 1 is 1.18 bits per heavy atom. The summed E-state index contributed by atoms with van der Waals surface area (Å²) in [6.07, 6.45) is -8.15. The molecule has 0 bridgehead atoms. The molecule has 0 amide bonds. The van der Waals surface area contributed by atoms with Crippen LogP contribution in [0, 0.1) is 6.92 Å². The molecule has 2 aromatic rings. The molecule has 182 valence electrons. The zero-order valence-electron chi connectivity index (χ0n) is 18.8. The quantitative estimate of drug-likeness (QED) is 0.299. The number of fused-ring (bicyclic) bond motifs is 1. The van der Waals surface area contributed by atoms with E-state index in [1.807, 2.05) is 0 Å². The first-order valence-electron chi connectivity index (χ1n) is 10.7. The molecule has 0 unspecified atom stereocenters. The van der Waals surface area contributed by atoms with Gasteiger partial charge in [0.25, 0.3) is 0 Å². The number of ether oxygens (including phenoxy) is 3. The molecule has 2 aromatic carbocycles. The van der Waals surface area contributed by atoms with Crippen molar-refractivity contribution < 1.29 is 44.5 Å². The minimum atomic E-state index is -1.67. The highest BCUT2D eigenvalue weighted by atomic mass is 16.7. The molecule has 1 saturated heterocycles. The fraction of sp³-hybridized carbons (Fsp3) is 0.522. The molecule has 0 aromatic heterocycles. The summed E-state index contributed by atoms with van der Waals surface area (Å²) in [5.41, 5.74) is 6.15. The van der Waals surface area contributed by atoms with Crippen molar-refractivity contribution in [3.05, 3.63) is 29.3 Å². The van der Waals surface area contributed by atoms with E-state index < -0.39 is 36.8 Å². The van der Waals surface area contributed by atoms with Crippen LogP contribution in [-0.4, -0.2) is 81.8 Å². The van der Waals surface area contributed by atoms with Gasteiger partial charge in [-0.15, -0.1) is 0 Å². The van der Waals surface area contributed by atoms with Crippen LogP contribution < -0.4 is 15.2 Å². The summed E-state index contributed by atoms with van der Waals surface area (Å²) < 4.78 is 16.8. The lowest BCUT2D eigenvalue weighted by atomic mass is 9.93. The van der Waals surface area contributed by atoms with Gasteiger partial charge in [-0.3, -0.25) is 4.79 Å². The second-order valence-corrected chi connectivity index (χ2v) is 8.25. The number of hydrogen-bond donors (Lipinski definition) is 6. The summed E-state index contributed by atoms with van der Waals surface area (Å²) in [5.74, 6) is -0.255. The third kappa shape index (κ3) is 4.91. The number of phenols is 1. The second kappa shape index (κ2) is 10.2. The highest BCUT2D eigenvalue weighted by Gasteiger charge is 2.47. The maximum absolute atomic E-state index is 12.1. The summed E-state index contributed by atoms with van der Waals surface area (Å²) in [7, 11) is 1.44. The molecule has 1 aliphatic rings. The van der Waals surface area contributed by atoms with Gasteiger partial charge in [0, 0.05) is 6.07 Å². The molecule has 7 N–H and O–H groups in total. The van der Waals surface area contributed by atoms with Crippen LogP contribution in [0.2, 0.25) is 0 Å². The van der Waals surface area contributed by atoms with Crippen molar-refractivity contribution in [3.63, 3.8) is 0 Å². The summed E-state index contributed by atoms with van der Waals surface area (Å²) in [4.78, 5) is 12.1. The first-order chi connectivity index (χ1) is 15.6. The zero-order valence-corrected chi connectivity index (χ0v) is 18.8. The van der Waals surface area contributed by atoms with Crippen LogP contribution in [0.25, 0.3) is 10.8 Å². The van der Waals surface area contributed by atoms with Crippen LogP contribution in [0.4, 0.5) is 0 Å². The molecule has 3 rings (SSSR count). The Bertz CT molecular complexity index is 1010. The van der Waals surface area contributed by atoms with E-state index in [1.165, 1.54) is 20.1 Å². The topological polar surface area (TPSA) is 172 Å². The smallest absolute Gasteiger partial charge is 0.229 e. The van der Waals surface area contributed by atoms with Crippen molar-refractivity contribution >= 4 is 16.6 Å². The van der Waals surface area contributed by atoms with E-state index in [4.69, 9.17) is 19.9 Å². The van der Waals surface area contributed by atoms with Gasteiger partial charge in [-0.2, -0.15) is 0 Å². The number of Topliss-reactive ketones (excluding diaryl/α,β-unsaturated/α-hetero) is 1. The van der Waals surface area contributed by atoms with Gasteiger partial charge in [-0.1, -0.05) is 6.07 Å². The summed E-state index contributed by atoms with van der Waals surface area (Å²) in [6, 6.07) is 4.78. The largest absolute Gasteiger partial charge is 0.506 e. The van der Waals surface area contributed by atoms with Gasteiger partial charge >= 0.3 is 0 Å². The third-order valence-electron chi connectivity index (χ3n) is 5.87. The summed E-state index contributed by atoms with van der Waals surface area (Å²) in [5, 5.41) is 53.1. The minimum absolute atomic E-state index is 0.0205. The fourth-order valence-corrected chi connectivity index (χ4v) is 4.16. The third-order valence-corrected chi connectivity index (χ3v) is 5.87. The number of rotatable bonds is 8. The second-order valence-electron chi connectivity index (χ2n) is 8.25. The van der Waals surface area contributed by atoms with E-state index in [1.54, 1.807) is 19.1 Å². The van der Waals surface area contributed by atoms with Crippen LogP contribution in [0.1, 0.15) is 35.7 Å². The maximum atomic E-state index is 12.1. The standard InChI is InChI=1S/C23H31NO9/c1-10-7-12-8-13(31-3)9-15(17(12)18(27)16(10)11(2)25)32-23-21(30)19(28)20(29)22(33-23)14(26)5-4-6-24/h7-9,14,19-23,26-30H,4-6,24H2,1-3H3/t14-,19+,20+,21-,22-,23-/m1/s1. The highest BCUT2D eigenvalue weighted by Crippen LogP contribution is 2.42. The Hall–Kier alpha value is -2.47. The first-order valence-corrected chi connectivity index (χ1v) is 10.7. The molecule has 1 fully saturated rings. The maximum Gasteiger partial charge on any atom is 0.229 e. The van der Waals surface area contributed by atoms with Gasteiger partial charge in [0.05, 0.1) is 24.2 Å². The van der Waals surface area contributed by atoms with Crippen LogP contribution in [0.15, 0.2) is 18.2 Å². The number of carbonyl (C=O) groups is 1. The monoisotopic (exact) mass is 465 g/mol. The van der Waals surface area contributed by atoms with Gasteiger partial charge in [-0.25, -0.2) is 0 Å². The van der Waals surface area contributed by atoms with Crippen LogP contribution >= 0.6 is 0 Å². The van der Waals surface area contributed by atoms with E-state index in [0.29, 0.717) is 29.7 Å². The molecule has 0 spiro atoms. The molecule has 6 atom stereocenters. The molecular formula is C23H31NO9. The molecular weight excluding hydrogens is 434 g/mol.